The second-order valence-corrected chi connectivity index (χ2v) is 7.03. The number of carbonyl (C=O) groups is 1. The Hall–Kier alpha value is -2.01. The molecule has 23 heavy (non-hydrogen) atoms. The van der Waals surface area contributed by atoms with Gasteiger partial charge in [0.15, 0.2) is 6.61 Å². The van der Waals surface area contributed by atoms with E-state index in [9.17, 15) is 4.79 Å². The van der Waals surface area contributed by atoms with Gasteiger partial charge in [-0.1, -0.05) is 32.9 Å². The molecule has 1 aromatic carbocycles. The highest BCUT2D eigenvalue weighted by atomic mass is 32.2. The molecule has 0 radical (unpaired) electrons. The number of hydrogen-bond donors (Lipinski definition) is 1. The van der Waals surface area contributed by atoms with Crippen LogP contribution in [0.3, 0.4) is 0 Å². The summed E-state index contributed by atoms with van der Waals surface area (Å²) in [4.78, 5) is 16.1. The van der Waals surface area contributed by atoms with Crippen molar-refractivity contribution >= 4 is 23.4 Å². The van der Waals surface area contributed by atoms with Gasteiger partial charge in [-0.05, 0) is 41.5 Å². The van der Waals surface area contributed by atoms with Gasteiger partial charge in [0.25, 0.3) is 5.91 Å². The molecule has 0 saturated carbocycles. The summed E-state index contributed by atoms with van der Waals surface area (Å²) in [5.74, 6) is 0.479. The topological polar surface area (TPSA) is 51.2 Å². The second-order valence-electron chi connectivity index (χ2n) is 6.20. The van der Waals surface area contributed by atoms with Crippen LogP contribution >= 0.6 is 11.8 Å². The Morgan fingerprint density at radius 2 is 1.87 bits per heavy atom. The zero-order chi connectivity index (χ0) is 16.9. The Bertz CT molecular complexity index is 646. The Morgan fingerprint density at radius 3 is 2.39 bits per heavy atom. The molecule has 0 atom stereocenters. The van der Waals surface area contributed by atoms with Gasteiger partial charge in [-0.15, -0.1) is 11.8 Å². The number of rotatable bonds is 5. The summed E-state index contributed by atoms with van der Waals surface area (Å²) in [6.45, 7) is 6.45. The number of anilines is 1. The minimum atomic E-state index is -0.205. The van der Waals surface area contributed by atoms with Crippen molar-refractivity contribution in [2.75, 3.05) is 18.2 Å². The lowest BCUT2D eigenvalue weighted by Gasteiger charge is -2.19. The van der Waals surface area contributed by atoms with Crippen LogP contribution in [0.4, 0.5) is 5.69 Å². The average molecular weight is 330 g/mol. The van der Waals surface area contributed by atoms with E-state index in [4.69, 9.17) is 4.74 Å². The lowest BCUT2D eigenvalue weighted by molar-refractivity contribution is -0.118. The van der Waals surface area contributed by atoms with E-state index >= 15 is 0 Å². The van der Waals surface area contributed by atoms with E-state index in [-0.39, 0.29) is 17.9 Å². The first-order chi connectivity index (χ1) is 10.9. The van der Waals surface area contributed by atoms with E-state index in [0.29, 0.717) is 11.4 Å². The number of amides is 1. The number of pyridine rings is 1. The molecule has 2 rings (SSSR count). The molecule has 0 saturated heterocycles. The van der Waals surface area contributed by atoms with Crippen molar-refractivity contribution in [3.63, 3.8) is 0 Å². The largest absolute Gasteiger partial charge is 0.484 e. The molecule has 0 aliphatic rings. The van der Waals surface area contributed by atoms with Crippen LogP contribution in [0.25, 0.3) is 0 Å². The lowest BCUT2D eigenvalue weighted by Crippen LogP contribution is -2.20. The predicted octanol–water partition coefficient (Wildman–Crippen LogP) is 4.12. The number of hydrogen-bond acceptors (Lipinski definition) is 4. The molecule has 1 amide bonds. The molecule has 4 nitrogen and oxygen atoms in total. The Kier molecular flexibility index (Phi) is 5.66. The fourth-order valence-corrected chi connectivity index (χ4v) is 2.33. The first-order valence-corrected chi connectivity index (χ1v) is 8.64. The van der Waals surface area contributed by atoms with Crippen molar-refractivity contribution in [1.82, 2.24) is 4.98 Å². The van der Waals surface area contributed by atoms with Crippen LogP contribution < -0.4 is 10.1 Å². The molecule has 0 aliphatic heterocycles. The number of nitrogens with zero attached hydrogens (tertiary/aromatic N) is 1. The standard InChI is InChI=1S/C18H22N2O2S/c1-18(2,3)13-5-8-15(9-6-13)22-12-16(21)20-14-7-10-17(23-4)19-11-14/h5-11H,12H2,1-4H3,(H,20,21). The maximum Gasteiger partial charge on any atom is 0.262 e. The van der Waals surface area contributed by atoms with Crippen LogP contribution in [0.2, 0.25) is 0 Å². The first kappa shape index (κ1) is 17.3. The highest BCUT2D eigenvalue weighted by Crippen LogP contribution is 2.24. The maximum atomic E-state index is 11.9. The monoisotopic (exact) mass is 330 g/mol. The quantitative estimate of drug-likeness (QED) is 0.838. The third kappa shape index (κ3) is 5.28. The maximum absolute atomic E-state index is 11.9. The van der Waals surface area contributed by atoms with E-state index in [1.165, 1.54) is 5.56 Å². The van der Waals surface area contributed by atoms with Crippen LogP contribution in [0.5, 0.6) is 5.75 Å². The van der Waals surface area contributed by atoms with Crippen LogP contribution in [-0.4, -0.2) is 23.8 Å². The molecular formula is C18H22N2O2S. The summed E-state index contributed by atoms with van der Waals surface area (Å²) in [5.41, 5.74) is 2.00. The fourth-order valence-electron chi connectivity index (χ4n) is 1.97. The average Bonchev–Trinajstić information content (AvgIpc) is 2.53. The van der Waals surface area contributed by atoms with Crippen molar-refractivity contribution in [2.45, 2.75) is 31.2 Å². The van der Waals surface area contributed by atoms with Crippen LogP contribution in [0.15, 0.2) is 47.6 Å². The number of ether oxygens (including phenoxy) is 1. The molecule has 1 N–H and O–H groups in total. The van der Waals surface area contributed by atoms with Crippen LogP contribution in [0, 0.1) is 0 Å². The minimum Gasteiger partial charge on any atom is -0.484 e. The summed E-state index contributed by atoms with van der Waals surface area (Å²) < 4.78 is 5.52. The molecule has 0 spiro atoms. The van der Waals surface area contributed by atoms with E-state index < -0.39 is 0 Å². The van der Waals surface area contributed by atoms with Gasteiger partial charge in [0.2, 0.25) is 0 Å². The minimum absolute atomic E-state index is 0.0286. The molecule has 2 aromatic rings. The second kappa shape index (κ2) is 7.51. The number of nitrogens with one attached hydrogen (secondary N) is 1. The number of aromatic nitrogens is 1. The smallest absolute Gasteiger partial charge is 0.262 e. The molecule has 5 heteroatoms. The lowest BCUT2D eigenvalue weighted by atomic mass is 9.87. The van der Waals surface area contributed by atoms with Crippen molar-refractivity contribution in [2.24, 2.45) is 0 Å². The molecular weight excluding hydrogens is 308 g/mol. The normalized spacial score (nSPS) is 11.1. The van der Waals surface area contributed by atoms with Gasteiger partial charge < -0.3 is 10.1 Å². The zero-order valence-electron chi connectivity index (χ0n) is 13.9. The van der Waals surface area contributed by atoms with Crippen molar-refractivity contribution in [3.05, 3.63) is 48.2 Å². The van der Waals surface area contributed by atoms with Crippen LogP contribution in [-0.2, 0) is 10.2 Å². The highest BCUT2D eigenvalue weighted by Gasteiger charge is 2.13. The molecule has 1 heterocycles. The molecule has 0 unspecified atom stereocenters. The summed E-state index contributed by atoms with van der Waals surface area (Å²) in [6, 6.07) is 11.5. The van der Waals surface area contributed by atoms with Crippen molar-refractivity contribution < 1.29 is 9.53 Å². The summed E-state index contributed by atoms with van der Waals surface area (Å²) in [6.07, 6.45) is 3.60. The molecule has 0 aliphatic carbocycles. The van der Waals surface area contributed by atoms with E-state index in [0.717, 1.165) is 5.03 Å². The van der Waals surface area contributed by atoms with Gasteiger partial charge in [0, 0.05) is 0 Å². The predicted molar refractivity (Wildman–Crippen MR) is 95.3 cm³/mol. The fraction of sp³-hybridized carbons (Fsp3) is 0.333. The molecule has 0 fully saturated rings. The Balaban J connectivity index is 1.86. The van der Waals surface area contributed by atoms with Crippen LogP contribution in [0.1, 0.15) is 26.3 Å². The summed E-state index contributed by atoms with van der Waals surface area (Å²) in [5, 5.41) is 3.68. The van der Waals surface area contributed by atoms with Gasteiger partial charge in [-0.25, -0.2) is 4.98 Å². The van der Waals surface area contributed by atoms with Gasteiger partial charge in [-0.2, -0.15) is 0 Å². The molecule has 1 aromatic heterocycles. The third-order valence-electron chi connectivity index (χ3n) is 3.32. The molecule has 122 valence electrons. The van der Waals surface area contributed by atoms with Crippen molar-refractivity contribution in [3.8, 4) is 5.75 Å². The summed E-state index contributed by atoms with van der Waals surface area (Å²) >= 11 is 1.56. The van der Waals surface area contributed by atoms with E-state index in [1.54, 1.807) is 18.0 Å². The number of thioether (sulfide) groups is 1. The number of benzene rings is 1. The van der Waals surface area contributed by atoms with Gasteiger partial charge in [0.1, 0.15) is 5.75 Å². The highest BCUT2D eigenvalue weighted by molar-refractivity contribution is 7.98. The zero-order valence-corrected chi connectivity index (χ0v) is 14.7. The Morgan fingerprint density at radius 1 is 1.17 bits per heavy atom. The van der Waals surface area contributed by atoms with E-state index in [1.807, 2.05) is 42.7 Å². The SMILES string of the molecule is CSc1ccc(NC(=O)COc2ccc(C(C)(C)C)cc2)cn1. The van der Waals surface area contributed by atoms with Crippen molar-refractivity contribution in [1.29, 1.82) is 0 Å². The summed E-state index contributed by atoms with van der Waals surface area (Å²) in [7, 11) is 0. The number of carbonyl (C=O) groups excluding carboxylic acids is 1. The van der Waals surface area contributed by atoms with E-state index in [2.05, 4.69) is 31.1 Å². The van der Waals surface area contributed by atoms with Gasteiger partial charge in [-0.3, -0.25) is 4.79 Å². The molecule has 0 bridgehead atoms. The van der Waals surface area contributed by atoms with Gasteiger partial charge >= 0.3 is 0 Å². The first-order valence-electron chi connectivity index (χ1n) is 7.42. The Labute approximate surface area is 141 Å². The third-order valence-corrected chi connectivity index (χ3v) is 3.98. The van der Waals surface area contributed by atoms with Gasteiger partial charge in [0.05, 0.1) is 16.9 Å².